The van der Waals surface area contributed by atoms with Crippen LogP contribution in [0.25, 0.3) is 0 Å². The van der Waals surface area contributed by atoms with Crippen molar-refractivity contribution in [2.24, 2.45) is 0 Å². The average Bonchev–Trinajstić information content (AvgIpc) is 3.06. The molecule has 19 nitrogen and oxygen atoms in total. The maximum absolute atomic E-state index is 11.7. The van der Waals surface area contributed by atoms with Crippen LogP contribution in [0, 0.1) is 0 Å². The van der Waals surface area contributed by atoms with Crippen LogP contribution in [-0.2, 0) is 33.2 Å². The Kier molecular flexibility index (Phi) is 16.4. The number of nitrogens with one attached hydrogen (secondary N) is 1. The number of carbonyl (C=O) groups is 1. The number of aliphatic hydroxyl groups is 11. The molecule has 3 fully saturated rings. The van der Waals surface area contributed by atoms with Gasteiger partial charge in [0, 0.05) is 6.92 Å². The zero-order valence-electron chi connectivity index (χ0n) is 26.7. The molecule has 17 unspecified atom stereocenters. The summed E-state index contributed by atoms with van der Waals surface area (Å²) in [5.74, 6) is -0.466. The Balaban J connectivity index is 1.66. The molecule has 3 aliphatic heterocycles. The van der Waals surface area contributed by atoms with Crippen molar-refractivity contribution in [3.63, 3.8) is 0 Å². The van der Waals surface area contributed by atoms with E-state index in [2.05, 4.69) is 5.32 Å². The van der Waals surface area contributed by atoms with Crippen LogP contribution < -0.4 is 5.32 Å². The van der Waals surface area contributed by atoms with Gasteiger partial charge in [-0.15, -0.1) is 0 Å². The monoisotopic (exact) mass is 701 g/mol. The van der Waals surface area contributed by atoms with Gasteiger partial charge < -0.3 is 89.9 Å². The molecule has 0 aliphatic carbocycles. The smallest absolute Gasteiger partial charge is 0.217 e. The fraction of sp³-hybridized carbons (Fsp3) is 0.897. The third-order valence-electron chi connectivity index (χ3n) is 8.37. The summed E-state index contributed by atoms with van der Waals surface area (Å²) in [5.41, 5.74) is 0. The molecule has 19 heteroatoms. The van der Waals surface area contributed by atoms with E-state index < -0.39 is 130 Å². The van der Waals surface area contributed by atoms with Gasteiger partial charge in [-0.3, -0.25) is 4.79 Å². The molecule has 3 aliphatic rings. The van der Waals surface area contributed by atoms with Crippen molar-refractivity contribution in [1.29, 1.82) is 0 Å². The van der Waals surface area contributed by atoms with Gasteiger partial charge in [-0.2, -0.15) is 0 Å². The third kappa shape index (κ3) is 10.1. The topological polar surface area (TPSA) is 307 Å². The lowest BCUT2D eigenvalue weighted by atomic mass is 9.96. The molecule has 0 bridgehead atoms. The Morgan fingerprint density at radius 3 is 1.71 bits per heavy atom. The van der Waals surface area contributed by atoms with Crippen LogP contribution in [0.3, 0.4) is 0 Å². The first-order valence-electron chi connectivity index (χ1n) is 15.9. The molecular weight excluding hydrogens is 650 g/mol. The number of rotatable bonds is 16. The summed E-state index contributed by atoms with van der Waals surface area (Å²) in [6.07, 6.45) is -20.9. The minimum atomic E-state index is -1.97. The average molecular weight is 702 g/mol. The Hall–Kier alpha value is -1.47. The molecule has 3 heterocycles. The molecular formula is C29H51NO18. The Labute approximate surface area is 276 Å². The molecule has 0 aromatic heterocycles. The summed E-state index contributed by atoms with van der Waals surface area (Å²) < 4.78 is 33.2. The lowest BCUT2D eigenvalue weighted by Gasteiger charge is -2.48. The predicted octanol–water partition coefficient (Wildman–Crippen LogP) is -5.94. The summed E-state index contributed by atoms with van der Waals surface area (Å²) in [7, 11) is 0. The van der Waals surface area contributed by atoms with Gasteiger partial charge in [0.25, 0.3) is 0 Å². The molecule has 0 aromatic carbocycles. The van der Waals surface area contributed by atoms with Gasteiger partial charge in [-0.05, 0) is 6.42 Å². The van der Waals surface area contributed by atoms with E-state index >= 15 is 0 Å². The lowest BCUT2D eigenvalue weighted by Crippen LogP contribution is -2.66. The molecule has 0 spiro atoms. The molecule has 0 aromatic rings. The normalized spacial score (nSPS) is 42.1. The highest BCUT2D eigenvalue weighted by atomic mass is 16.8. The minimum absolute atomic E-state index is 0.373. The molecule has 48 heavy (non-hydrogen) atoms. The van der Waals surface area contributed by atoms with Gasteiger partial charge in [0.1, 0.15) is 73.2 Å². The van der Waals surface area contributed by atoms with E-state index in [0.29, 0.717) is 6.42 Å². The molecule has 0 saturated carbocycles. The number of ether oxygens (including phenoxy) is 6. The van der Waals surface area contributed by atoms with Crippen molar-refractivity contribution in [3.05, 3.63) is 12.2 Å². The molecule has 3 saturated heterocycles. The number of allylic oxidation sites excluding steroid dienone is 1. The van der Waals surface area contributed by atoms with Crippen molar-refractivity contribution in [2.75, 3.05) is 26.4 Å². The second-order valence-electron chi connectivity index (χ2n) is 12.0. The fourth-order valence-corrected chi connectivity index (χ4v) is 5.56. The zero-order chi connectivity index (χ0) is 35.7. The molecule has 0 radical (unpaired) electrons. The van der Waals surface area contributed by atoms with Crippen molar-refractivity contribution in [2.45, 2.75) is 137 Å². The summed E-state index contributed by atoms with van der Waals surface area (Å²) in [5, 5.41) is 116. The number of hydrogen-bond acceptors (Lipinski definition) is 18. The summed E-state index contributed by atoms with van der Waals surface area (Å²) in [6.45, 7) is 0.459. The van der Waals surface area contributed by atoms with Gasteiger partial charge in [0.05, 0.1) is 38.6 Å². The van der Waals surface area contributed by atoms with Crippen molar-refractivity contribution in [1.82, 2.24) is 5.32 Å². The Bertz CT molecular complexity index is 988. The maximum Gasteiger partial charge on any atom is 0.217 e. The highest BCUT2D eigenvalue weighted by Gasteiger charge is 2.53. The van der Waals surface area contributed by atoms with E-state index in [1.807, 2.05) is 6.92 Å². The molecule has 17 atom stereocenters. The number of hydrogen-bond donors (Lipinski definition) is 12. The van der Waals surface area contributed by atoms with E-state index in [4.69, 9.17) is 28.4 Å². The predicted molar refractivity (Wildman–Crippen MR) is 157 cm³/mol. The first-order chi connectivity index (χ1) is 22.8. The molecule has 12 N–H and O–H groups in total. The van der Waals surface area contributed by atoms with E-state index in [-0.39, 0.29) is 6.61 Å². The lowest BCUT2D eigenvalue weighted by molar-refractivity contribution is -0.379. The highest BCUT2D eigenvalue weighted by molar-refractivity contribution is 5.73. The molecule has 1 amide bonds. The van der Waals surface area contributed by atoms with Gasteiger partial charge in [0.2, 0.25) is 5.91 Å². The van der Waals surface area contributed by atoms with Gasteiger partial charge in [0.15, 0.2) is 18.9 Å². The van der Waals surface area contributed by atoms with Crippen molar-refractivity contribution in [3.8, 4) is 0 Å². The van der Waals surface area contributed by atoms with Crippen LogP contribution in [-0.4, -0.2) is 193 Å². The Morgan fingerprint density at radius 1 is 0.729 bits per heavy atom. The number of amides is 1. The number of aliphatic hydroxyl groups excluding tert-OH is 11. The third-order valence-corrected chi connectivity index (χ3v) is 8.37. The van der Waals surface area contributed by atoms with Gasteiger partial charge in [-0.25, -0.2) is 0 Å². The molecule has 280 valence electrons. The van der Waals surface area contributed by atoms with Crippen molar-refractivity contribution < 1.29 is 89.4 Å². The number of unbranched alkanes of at least 4 members (excludes halogenated alkanes) is 2. The van der Waals surface area contributed by atoms with Crippen LogP contribution in [0.5, 0.6) is 0 Å². The zero-order valence-corrected chi connectivity index (χ0v) is 26.7. The van der Waals surface area contributed by atoms with E-state index in [1.165, 1.54) is 13.0 Å². The first kappa shape index (κ1) is 41.0. The van der Waals surface area contributed by atoms with Crippen LogP contribution in [0.15, 0.2) is 12.2 Å². The van der Waals surface area contributed by atoms with E-state index in [9.17, 15) is 61.0 Å². The summed E-state index contributed by atoms with van der Waals surface area (Å²) in [4.78, 5) is 11.7. The standard InChI is InChI=1S/C29H51NO18/c1-3-4-5-6-7-14(35)13(30-12(2)34)11-43-27-23(41)20(38)25(16(9-32)45-27)48-29-24(42)21(39)26(17(10-33)46-29)47-28-22(40)19(37)18(36)15(8-31)44-28/h6-7,13-29,31-33,35-42H,3-5,8-11H2,1-2H3,(H,30,34)/b7-6+. The van der Waals surface area contributed by atoms with Crippen molar-refractivity contribution >= 4 is 5.91 Å². The van der Waals surface area contributed by atoms with Gasteiger partial charge >= 0.3 is 0 Å². The van der Waals surface area contributed by atoms with Crippen LogP contribution in [0.2, 0.25) is 0 Å². The maximum atomic E-state index is 11.7. The second-order valence-corrected chi connectivity index (χ2v) is 12.0. The Morgan fingerprint density at radius 2 is 1.21 bits per heavy atom. The number of carbonyl (C=O) groups excluding carboxylic acids is 1. The minimum Gasteiger partial charge on any atom is -0.394 e. The van der Waals surface area contributed by atoms with Crippen LogP contribution in [0.1, 0.15) is 33.1 Å². The summed E-state index contributed by atoms with van der Waals surface area (Å²) in [6, 6.07) is -0.962. The molecule has 3 rings (SSSR count). The largest absolute Gasteiger partial charge is 0.394 e. The van der Waals surface area contributed by atoms with Crippen LogP contribution in [0.4, 0.5) is 0 Å². The van der Waals surface area contributed by atoms with E-state index in [1.54, 1.807) is 6.08 Å². The fourth-order valence-electron chi connectivity index (χ4n) is 5.56. The van der Waals surface area contributed by atoms with E-state index in [0.717, 1.165) is 12.8 Å². The van der Waals surface area contributed by atoms with Crippen LogP contribution >= 0.6 is 0 Å². The SMILES string of the molecule is CCCC/C=C/C(O)C(COC1OC(CO)C(OC2OC(CO)C(OC3OC(CO)C(O)C(O)C3O)C(O)C2O)C(O)C1O)NC(C)=O. The first-order valence-corrected chi connectivity index (χ1v) is 15.9. The highest BCUT2D eigenvalue weighted by Crippen LogP contribution is 2.32. The second kappa shape index (κ2) is 19.2. The van der Waals surface area contributed by atoms with Gasteiger partial charge in [-0.1, -0.05) is 31.9 Å². The quantitative estimate of drug-likeness (QED) is 0.0526. The summed E-state index contributed by atoms with van der Waals surface area (Å²) >= 11 is 0.